The summed E-state index contributed by atoms with van der Waals surface area (Å²) in [5.74, 6) is -7.16. The van der Waals surface area contributed by atoms with E-state index in [2.05, 4.69) is 0 Å². The van der Waals surface area contributed by atoms with E-state index in [1.807, 2.05) is 0 Å². The highest BCUT2D eigenvalue weighted by atomic mass is 35.5. The molecule has 3 aliphatic carbocycles. The summed E-state index contributed by atoms with van der Waals surface area (Å²) in [4.78, 5) is 39.9. The van der Waals surface area contributed by atoms with Crippen LogP contribution in [0.4, 0.5) is 5.69 Å². The van der Waals surface area contributed by atoms with Gasteiger partial charge in [0.1, 0.15) is 22.8 Å². The smallest absolute Gasteiger partial charge is 0.255 e. The molecule has 3 aliphatic rings. The van der Waals surface area contributed by atoms with Crippen molar-refractivity contribution in [3.05, 3.63) is 39.1 Å². The number of hydrogen-bond acceptors (Lipinski definition) is 9. The molecule has 0 aliphatic heterocycles. The van der Waals surface area contributed by atoms with Gasteiger partial charge >= 0.3 is 0 Å². The number of hydrogen-bond donors (Lipinski definition) is 6. The number of halogens is 1. The van der Waals surface area contributed by atoms with Gasteiger partial charge in [-0.25, -0.2) is 0 Å². The van der Waals surface area contributed by atoms with Crippen molar-refractivity contribution in [2.45, 2.75) is 24.5 Å². The lowest BCUT2D eigenvalue weighted by Gasteiger charge is -2.50. The van der Waals surface area contributed by atoms with Gasteiger partial charge in [-0.1, -0.05) is 11.6 Å². The minimum Gasteiger partial charge on any atom is -0.508 e. The number of aliphatic hydroxyl groups excluding tert-OH is 2. The molecule has 11 heteroatoms. The first-order chi connectivity index (χ1) is 14.8. The summed E-state index contributed by atoms with van der Waals surface area (Å²) in [5.41, 5.74) is 7.92. The lowest BCUT2D eigenvalue weighted by atomic mass is 9.57. The number of aliphatic hydroxyl groups is 3. The Bertz CT molecular complexity index is 1170. The number of fused-ring (bicyclic) bond motifs is 3. The first-order valence-corrected chi connectivity index (χ1v) is 10.2. The van der Waals surface area contributed by atoms with Crippen molar-refractivity contribution in [1.82, 2.24) is 4.90 Å². The van der Waals surface area contributed by atoms with Gasteiger partial charge in [0.05, 0.1) is 22.3 Å². The van der Waals surface area contributed by atoms with E-state index in [0.717, 1.165) is 6.07 Å². The molecular weight excluding hydrogens is 442 g/mol. The zero-order valence-electron chi connectivity index (χ0n) is 17.2. The number of rotatable bonds is 2. The zero-order valence-corrected chi connectivity index (χ0v) is 18.0. The summed E-state index contributed by atoms with van der Waals surface area (Å²) in [5, 5.41) is 43.5. The quantitative estimate of drug-likeness (QED) is 0.202. The number of amides is 1. The molecule has 3 unspecified atom stereocenters. The molecule has 0 saturated heterocycles. The second-order valence-electron chi connectivity index (χ2n) is 8.61. The van der Waals surface area contributed by atoms with Crippen molar-refractivity contribution in [3.63, 3.8) is 0 Å². The maximum atomic E-state index is 13.6. The molecule has 0 aromatic heterocycles. The van der Waals surface area contributed by atoms with Crippen molar-refractivity contribution in [1.29, 1.82) is 0 Å². The van der Waals surface area contributed by atoms with Gasteiger partial charge in [-0.15, -0.1) is 0 Å². The molecule has 0 spiro atoms. The number of nitrogens with zero attached hydrogens (tertiary/aromatic N) is 1. The Morgan fingerprint density at radius 2 is 1.88 bits per heavy atom. The van der Waals surface area contributed by atoms with E-state index < -0.39 is 63.8 Å². The van der Waals surface area contributed by atoms with Crippen LogP contribution in [0.25, 0.3) is 5.76 Å². The lowest BCUT2D eigenvalue weighted by molar-refractivity contribution is -0.153. The normalized spacial score (nSPS) is 29.7. The van der Waals surface area contributed by atoms with Crippen molar-refractivity contribution >= 4 is 40.5 Å². The van der Waals surface area contributed by atoms with Crippen LogP contribution in [0.15, 0.2) is 23.0 Å². The number of Topliss-reactive ketones (excluding diaryl/α,β-unsaturated/α-hetero) is 2. The maximum Gasteiger partial charge on any atom is 0.255 e. The van der Waals surface area contributed by atoms with Gasteiger partial charge < -0.3 is 31.9 Å². The highest BCUT2D eigenvalue weighted by molar-refractivity contribution is 6.33. The number of anilines is 1. The summed E-state index contributed by atoms with van der Waals surface area (Å²) in [7, 11) is 3.06. The van der Waals surface area contributed by atoms with E-state index in [1.165, 1.54) is 19.0 Å². The van der Waals surface area contributed by atoms with E-state index in [9.17, 15) is 34.8 Å². The standard InChI is InChI=1S/C21H22ClN3O7/c1-25(2)15-8-4-6-3-7-12(10(26)5-9(22)14(7)23)16(27)11(6)18(29)21(8,32)19(30)13(17(15)28)20(24)31/h5-6,8,15,26-27,30,32H,3-4,23H2,1-2H3,(H2,24,31)/t6?,8?,15-,21?/m0/s1. The number of benzene rings is 1. The van der Waals surface area contributed by atoms with Crippen molar-refractivity contribution in [2.24, 2.45) is 17.6 Å². The number of ketones is 2. The molecule has 0 bridgehead atoms. The van der Waals surface area contributed by atoms with Gasteiger partial charge in [-0.05, 0) is 38.4 Å². The second-order valence-corrected chi connectivity index (χ2v) is 9.01. The van der Waals surface area contributed by atoms with Gasteiger partial charge in [0.2, 0.25) is 5.78 Å². The molecule has 32 heavy (non-hydrogen) atoms. The molecule has 0 heterocycles. The summed E-state index contributed by atoms with van der Waals surface area (Å²) in [6.45, 7) is 0. The van der Waals surface area contributed by atoms with Crippen LogP contribution >= 0.6 is 11.6 Å². The van der Waals surface area contributed by atoms with Crippen LogP contribution < -0.4 is 11.5 Å². The Morgan fingerprint density at radius 1 is 1.25 bits per heavy atom. The number of carbonyl (C=O) groups excluding carboxylic acids is 3. The molecular formula is C21H22ClN3O7. The Hall–Kier alpha value is -3.08. The van der Waals surface area contributed by atoms with Gasteiger partial charge in [0.15, 0.2) is 11.4 Å². The maximum absolute atomic E-state index is 13.6. The SMILES string of the molecule is CN(C)[C@@H]1C(=O)C(C(N)=O)=C(O)C2(O)C(=O)C3=C(O)c4c(O)cc(Cl)c(N)c4CC3CC12. The number of carbonyl (C=O) groups is 3. The molecule has 10 nitrogen and oxygen atoms in total. The zero-order chi connectivity index (χ0) is 23.9. The summed E-state index contributed by atoms with van der Waals surface area (Å²) in [6.07, 6.45) is 0.0764. The fourth-order valence-corrected chi connectivity index (χ4v) is 5.53. The van der Waals surface area contributed by atoms with Crippen LogP contribution in [0.5, 0.6) is 5.75 Å². The van der Waals surface area contributed by atoms with Gasteiger partial charge in [-0.3, -0.25) is 19.3 Å². The first-order valence-electron chi connectivity index (χ1n) is 9.78. The number of nitrogen functional groups attached to an aromatic ring is 1. The van der Waals surface area contributed by atoms with Gasteiger partial charge in [-0.2, -0.15) is 0 Å². The number of likely N-dealkylation sites (N-methyl/N-ethyl adjacent to an activating group) is 1. The predicted octanol–water partition coefficient (Wildman–Crippen LogP) is 0.200. The highest BCUT2D eigenvalue weighted by Gasteiger charge is 2.64. The Morgan fingerprint density at radius 3 is 2.44 bits per heavy atom. The van der Waals surface area contributed by atoms with Crippen LogP contribution in [0.1, 0.15) is 17.5 Å². The molecule has 4 rings (SSSR count). The molecule has 1 fully saturated rings. The fourth-order valence-electron chi connectivity index (χ4n) is 5.31. The van der Waals surface area contributed by atoms with Crippen LogP contribution in [-0.4, -0.2) is 68.5 Å². The van der Waals surface area contributed by atoms with Gasteiger partial charge in [0, 0.05) is 17.6 Å². The van der Waals surface area contributed by atoms with Crippen LogP contribution in [0, 0.1) is 11.8 Å². The molecule has 1 aromatic carbocycles. The molecule has 4 atom stereocenters. The minimum absolute atomic E-state index is 0.0154. The van der Waals surface area contributed by atoms with Crippen LogP contribution in [-0.2, 0) is 20.8 Å². The van der Waals surface area contributed by atoms with Crippen LogP contribution in [0.3, 0.4) is 0 Å². The lowest BCUT2D eigenvalue weighted by Crippen LogP contribution is -2.65. The minimum atomic E-state index is -2.67. The molecule has 170 valence electrons. The number of nitrogens with two attached hydrogens (primary N) is 2. The van der Waals surface area contributed by atoms with E-state index in [0.29, 0.717) is 5.56 Å². The predicted molar refractivity (Wildman–Crippen MR) is 114 cm³/mol. The van der Waals surface area contributed by atoms with Gasteiger partial charge in [0.25, 0.3) is 5.91 Å². The molecule has 8 N–H and O–H groups in total. The monoisotopic (exact) mass is 463 g/mol. The van der Waals surface area contributed by atoms with Crippen molar-refractivity contribution < 1.29 is 34.8 Å². The number of phenolic OH excluding ortho intramolecular Hbond substituents is 1. The summed E-state index contributed by atoms with van der Waals surface area (Å²) >= 11 is 6.06. The topological polar surface area (TPSA) is 187 Å². The third-order valence-corrected chi connectivity index (χ3v) is 7.03. The first kappa shape index (κ1) is 22.1. The van der Waals surface area contributed by atoms with E-state index in [1.54, 1.807) is 0 Å². The number of aromatic hydroxyl groups is 1. The van der Waals surface area contributed by atoms with E-state index in [4.69, 9.17) is 23.1 Å². The van der Waals surface area contributed by atoms with Crippen molar-refractivity contribution in [2.75, 3.05) is 19.8 Å². The molecule has 0 radical (unpaired) electrons. The fraction of sp³-hybridized carbons (Fsp3) is 0.381. The number of phenols is 1. The molecule has 1 saturated carbocycles. The second kappa shape index (κ2) is 6.96. The number of primary amides is 1. The Labute approximate surface area is 187 Å². The third-order valence-electron chi connectivity index (χ3n) is 6.72. The molecule has 1 aromatic rings. The summed E-state index contributed by atoms with van der Waals surface area (Å²) in [6, 6.07) is -0.0146. The largest absolute Gasteiger partial charge is 0.508 e. The van der Waals surface area contributed by atoms with Crippen molar-refractivity contribution in [3.8, 4) is 5.75 Å². The Balaban J connectivity index is 2.00. The summed E-state index contributed by atoms with van der Waals surface area (Å²) < 4.78 is 0. The van der Waals surface area contributed by atoms with E-state index >= 15 is 0 Å². The average molecular weight is 464 g/mol. The molecule has 1 amide bonds. The Kier molecular flexibility index (Phi) is 4.81. The van der Waals surface area contributed by atoms with E-state index in [-0.39, 0.29) is 34.7 Å². The highest BCUT2D eigenvalue weighted by Crippen LogP contribution is 2.53. The van der Waals surface area contributed by atoms with Crippen LogP contribution in [0.2, 0.25) is 5.02 Å². The average Bonchev–Trinajstić information content (AvgIpc) is 2.68. The third kappa shape index (κ3) is 2.63.